The van der Waals surface area contributed by atoms with Gasteiger partial charge < -0.3 is 0 Å². The molecule has 1 N–H and O–H groups in total. The van der Waals surface area contributed by atoms with Gasteiger partial charge in [-0.3, -0.25) is 4.79 Å². The van der Waals surface area contributed by atoms with Gasteiger partial charge in [0.1, 0.15) is 6.67 Å². The molecule has 0 aromatic carbocycles. The Morgan fingerprint density at radius 2 is 2.06 bits per heavy atom. The van der Waals surface area contributed by atoms with Gasteiger partial charge in [0.15, 0.2) is 0 Å². The minimum atomic E-state index is -3.59. The number of nitrogens with one attached hydrogen (secondary N) is 1. The summed E-state index contributed by atoms with van der Waals surface area (Å²) in [6.45, 7) is 2.93. The highest BCUT2D eigenvalue weighted by Gasteiger charge is 2.37. The average Bonchev–Trinajstić information content (AvgIpc) is 3.00. The summed E-state index contributed by atoms with van der Waals surface area (Å²) in [4.78, 5) is 11.5. The zero-order valence-corrected chi connectivity index (χ0v) is 10.9. The van der Waals surface area contributed by atoms with E-state index in [1.807, 2.05) is 18.6 Å². The van der Waals surface area contributed by atoms with Crippen LogP contribution in [0.25, 0.3) is 0 Å². The van der Waals surface area contributed by atoms with Crippen molar-refractivity contribution in [3.05, 3.63) is 11.6 Å². The van der Waals surface area contributed by atoms with Crippen molar-refractivity contribution in [2.24, 2.45) is 5.92 Å². The first-order chi connectivity index (χ1) is 7.86. The van der Waals surface area contributed by atoms with Crippen molar-refractivity contribution in [3.8, 4) is 0 Å². The molecule has 1 amide bonds. The van der Waals surface area contributed by atoms with Gasteiger partial charge in [0.05, 0.1) is 5.25 Å². The molecule has 1 saturated carbocycles. The second-order valence-electron chi connectivity index (χ2n) is 4.67. The first-order valence-corrected chi connectivity index (χ1v) is 7.22. The molecule has 0 spiro atoms. The van der Waals surface area contributed by atoms with Crippen LogP contribution < -0.4 is 4.72 Å². The predicted octanol–water partition coefficient (Wildman–Crippen LogP) is 1.54. The molecular formula is C11H18FNO3S. The maximum atomic E-state index is 12.6. The third kappa shape index (κ3) is 4.46. The second-order valence-corrected chi connectivity index (χ2v) is 6.63. The van der Waals surface area contributed by atoms with Crippen LogP contribution in [0.4, 0.5) is 4.39 Å². The number of halogens is 1. The van der Waals surface area contributed by atoms with E-state index in [-0.39, 0.29) is 5.57 Å². The lowest BCUT2D eigenvalue weighted by Gasteiger charge is -2.07. The number of carbonyl (C=O) groups is 1. The third-order valence-corrected chi connectivity index (χ3v) is 4.29. The van der Waals surface area contributed by atoms with Crippen molar-refractivity contribution in [1.29, 1.82) is 0 Å². The summed E-state index contributed by atoms with van der Waals surface area (Å²) in [6, 6.07) is 0. The molecule has 1 rings (SSSR count). The third-order valence-electron chi connectivity index (χ3n) is 2.47. The number of rotatable bonds is 6. The Morgan fingerprint density at radius 3 is 2.47 bits per heavy atom. The Bertz CT molecular complexity index is 410. The SMILES string of the molecule is CC(C)C/C=C(/CF)C(=O)NS(=O)(=O)C1CC1. The molecule has 0 atom stereocenters. The van der Waals surface area contributed by atoms with Gasteiger partial charge in [0.25, 0.3) is 5.91 Å². The van der Waals surface area contributed by atoms with E-state index in [0.29, 0.717) is 25.2 Å². The molecule has 1 aliphatic rings. The summed E-state index contributed by atoms with van der Waals surface area (Å²) in [6.07, 6.45) is 3.16. The van der Waals surface area contributed by atoms with E-state index in [1.165, 1.54) is 6.08 Å². The van der Waals surface area contributed by atoms with Gasteiger partial charge in [-0.1, -0.05) is 19.9 Å². The predicted molar refractivity (Wildman–Crippen MR) is 63.6 cm³/mol. The van der Waals surface area contributed by atoms with E-state index in [1.54, 1.807) is 0 Å². The van der Waals surface area contributed by atoms with E-state index < -0.39 is 27.9 Å². The first kappa shape index (κ1) is 14.2. The molecule has 0 radical (unpaired) electrons. The number of allylic oxidation sites excluding steroid dienone is 1. The molecule has 0 aromatic rings. The van der Waals surface area contributed by atoms with Crippen LogP contribution in [0.3, 0.4) is 0 Å². The summed E-state index contributed by atoms with van der Waals surface area (Å²) >= 11 is 0. The fraction of sp³-hybridized carbons (Fsp3) is 0.727. The molecule has 98 valence electrons. The van der Waals surface area contributed by atoms with Crippen molar-refractivity contribution in [2.75, 3.05) is 6.67 Å². The molecule has 6 heteroatoms. The Morgan fingerprint density at radius 1 is 1.47 bits per heavy atom. The highest BCUT2D eigenvalue weighted by molar-refractivity contribution is 7.91. The summed E-state index contributed by atoms with van der Waals surface area (Å²) in [5.41, 5.74) is -0.108. The topological polar surface area (TPSA) is 63.2 Å². The zero-order valence-electron chi connectivity index (χ0n) is 10.1. The van der Waals surface area contributed by atoms with Gasteiger partial charge in [0, 0.05) is 5.57 Å². The van der Waals surface area contributed by atoms with Crippen LogP contribution in [0.2, 0.25) is 0 Å². The van der Waals surface area contributed by atoms with Crippen LogP contribution in [0.5, 0.6) is 0 Å². The maximum absolute atomic E-state index is 12.6. The molecule has 1 aliphatic carbocycles. The van der Waals surface area contributed by atoms with E-state index >= 15 is 0 Å². The standard InChI is InChI=1S/C11H18FNO3S/c1-8(2)3-4-9(7-12)11(14)13-17(15,16)10-5-6-10/h4,8,10H,3,5-7H2,1-2H3,(H,13,14)/b9-4-. The maximum Gasteiger partial charge on any atom is 0.262 e. The van der Waals surface area contributed by atoms with Crippen molar-refractivity contribution < 1.29 is 17.6 Å². The van der Waals surface area contributed by atoms with Crippen LogP contribution in [0.15, 0.2) is 11.6 Å². The Hall–Kier alpha value is -0.910. The van der Waals surface area contributed by atoms with E-state index in [9.17, 15) is 17.6 Å². The molecule has 0 unspecified atom stereocenters. The normalized spacial score (nSPS) is 17.3. The number of hydrogen-bond donors (Lipinski definition) is 1. The molecule has 1 fully saturated rings. The smallest absolute Gasteiger partial charge is 0.262 e. The molecule has 0 heterocycles. The second kappa shape index (κ2) is 5.62. The Kier molecular flexibility index (Phi) is 4.68. The van der Waals surface area contributed by atoms with E-state index in [4.69, 9.17) is 0 Å². The molecule has 0 aromatic heterocycles. The molecular weight excluding hydrogens is 245 g/mol. The molecule has 4 nitrogen and oxygen atoms in total. The zero-order chi connectivity index (χ0) is 13.1. The minimum Gasteiger partial charge on any atom is -0.269 e. The number of hydrogen-bond acceptors (Lipinski definition) is 3. The first-order valence-electron chi connectivity index (χ1n) is 5.67. The quantitative estimate of drug-likeness (QED) is 0.739. The summed E-state index contributed by atoms with van der Waals surface area (Å²) in [5, 5.41) is -0.475. The van der Waals surface area contributed by atoms with Crippen molar-refractivity contribution >= 4 is 15.9 Å². The lowest BCUT2D eigenvalue weighted by Crippen LogP contribution is -2.34. The van der Waals surface area contributed by atoms with E-state index in [0.717, 1.165) is 0 Å². The highest BCUT2D eigenvalue weighted by atomic mass is 32.2. The van der Waals surface area contributed by atoms with Crippen LogP contribution in [-0.2, 0) is 14.8 Å². The van der Waals surface area contributed by atoms with Crippen molar-refractivity contribution in [1.82, 2.24) is 4.72 Å². The van der Waals surface area contributed by atoms with Gasteiger partial charge in [-0.15, -0.1) is 0 Å². The van der Waals surface area contributed by atoms with Crippen LogP contribution >= 0.6 is 0 Å². The summed E-state index contributed by atoms with van der Waals surface area (Å²) < 4.78 is 37.5. The van der Waals surface area contributed by atoms with Crippen LogP contribution in [0, 0.1) is 5.92 Å². The van der Waals surface area contributed by atoms with Gasteiger partial charge in [0.2, 0.25) is 10.0 Å². The number of amides is 1. The largest absolute Gasteiger partial charge is 0.269 e. The number of carbonyl (C=O) groups excluding carboxylic acids is 1. The summed E-state index contributed by atoms with van der Waals surface area (Å²) in [5.74, 6) is -0.538. The average molecular weight is 263 g/mol. The Labute approximate surface area is 101 Å². The number of alkyl halides is 1. The highest BCUT2D eigenvalue weighted by Crippen LogP contribution is 2.27. The van der Waals surface area contributed by atoms with Crippen molar-refractivity contribution in [3.63, 3.8) is 0 Å². The molecule has 0 saturated heterocycles. The van der Waals surface area contributed by atoms with Gasteiger partial charge in [-0.25, -0.2) is 17.5 Å². The molecule has 0 aliphatic heterocycles. The lowest BCUT2D eigenvalue weighted by atomic mass is 10.1. The van der Waals surface area contributed by atoms with Crippen LogP contribution in [0.1, 0.15) is 33.1 Å². The Balaban J connectivity index is 2.63. The van der Waals surface area contributed by atoms with Crippen LogP contribution in [-0.4, -0.2) is 26.2 Å². The van der Waals surface area contributed by atoms with Gasteiger partial charge in [-0.2, -0.15) is 0 Å². The van der Waals surface area contributed by atoms with E-state index in [2.05, 4.69) is 0 Å². The summed E-state index contributed by atoms with van der Waals surface area (Å²) in [7, 11) is -3.59. The minimum absolute atomic E-state index is 0.108. The fourth-order valence-corrected chi connectivity index (χ4v) is 2.56. The molecule has 17 heavy (non-hydrogen) atoms. The molecule has 0 bridgehead atoms. The monoisotopic (exact) mass is 263 g/mol. The fourth-order valence-electron chi connectivity index (χ4n) is 1.24. The van der Waals surface area contributed by atoms with Gasteiger partial charge >= 0.3 is 0 Å². The lowest BCUT2D eigenvalue weighted by molar-refractivity contribution is -0.116. The van der Waals surface area contributed by atoms with Gasteiger partial charge in [-0.05, 0) is 25.2 Å². The number of sulfonamides is 1. The van der Waals surface area contributed by atoms with Crippen molar-refractivity contribution in [2.45, 2.75) is 38.4 Å².